The molecule has 1 fully saturated rings. The van der Waals surface area contributed by atoms with Crippen LogP contribution in [0.25, 0.3) is 0 Å². The number of nitrogens with zero attached hydrogens (tertiary/aromatic N) is 1. The van der Waals surface area contributed by atoms with Gasteiger partial charge in [0.2, 0.25) is 5.91 Å². The zero-order chi connectivity index (χ0) is 22.4. The lowest BCUT2D eigenvalue weighted by Gasteiger charge is -2.29. The molecular weight excluding hydrogens is 480 g/mol. The predicted molar refractivity (Wildman–Crippen MR) is 126 cm³/mol. The molecule has 1 unspecified atom stereocenters. The van der Waals surface area contributed by atoms with Crippen LogP contribution in [0.4, 0.5) is 0 Å². The summed E-state index contributed by atoms with van der Waals surface area (Å²) < 4.78 is 6.68. The molecule has 3 rings (SSSR count). The molecule has 31 heavy (non-hydrogen) atoms. The minimum atomic E-state index is -0.604. The van der Waals surface area contributed by atoms with Crippen LogP contribution in [0, 0.1) is 6.92 Å². The molecule has 0 aliphatic heterocycles. The van der Waals surface area contributed by atoms with Gasteiger partial charge in [0.25, 0.3) is 5.91 Å². The summed E-state index contributed by atoms with van der Waals surface area (Å²) >= 11 is 9.49. The first-order valence-electron chi connectivity index (χ1n) is 10.6. The van der Waals surface area contributed by atoms with Gasteiger partial charge >= 0.3 is 0 Å². The number of carbonyl (C=O) groups is 2. The van der Waals surface area contributed by atoms with Crippen molar-refractivity contribution in [3.05, 3.63) is 63.1 Å². The van der Waals surface area contributed by atoms with Crippen LogP contribution in [0.1, 0.15) is 43.7 Å². The Morgan fingerprint density at radius 2 is 1.87 bits per heavy atom. The maximum atomic E-state index is 13.1. The lowest BCUT2D eigenvalue weighted by atomic mass is 10.1. The number of amides is 2. The van der Waals surface area contributed by atoms with E-state index in [9.17, 15) is 9.59 Å². The van der Waals surface area contributed by atoms with Crippen molar-refractivity contribution >= 4 is 39.3 Å². The summed E-state index contributed by atoms with van der Waals surface area (Å²) in [4.78, 5) is 27.6. The molecule has 5 nitrogen and oxygen atoms in total. The smallest absolute Gasteiger partial charge is 0.261 e. The molecule has 0 saturated heterocycles. The van der Waals surface area contributed by atoms with E-state index >= 15 is 0 Å². The number of benzene rings is 2. The quantitative estimate of drug-likeness (QED) is 0.530. The number of rotatable bonds is 8. The van der Waals surface area contributed by atoms with Crippen molar-refractivity contribution < 1.29 is 14.3 Å². The van der Waals surface area contributed by atoms with Gasteiger partial charge in [-0.25, -0.2) is 0 Å². The van der Waals surface area contributed by atoms with Crippen molar-refractivity contribution in [1.82, 2.24) is 10.2 Å². The van der Waals surface area contributed by atoms with Gasteiger partial charge in [0.05, 0.1) is 0 Å². The van der Waals surface area contributed by atoms with E-state index < -0.39 is 6.04 Å². The normalized spacial score (nSPS) is 14.8. The van der Waals surface area contributed by atoms with Gasteiger partial charge in [-0.3, -0.25) is 9.59 Å². The Kier molecular flexibility index (Phi) is 8.38. The van der Waals surface area contributed by atoms with Crippen molar-refractivity contribution in [2.75, 3.05) is 6.61 Å². The maximum absolute atomic E-state index is 13.1. The van der Waals surface area contributed by atoms with Gasteiger partial charge in [0, 0.05) is 22.1 Å². The van der Waals surface area contributed by atoms with Crippen molar-refractivity contribution in [2.24, 2.45) is 0 Å². The highest BCUT2D eigenvalue weighted by Crippen LogP contribution is 2.22. The van der Waals surface area contributed by atoms with Gasteiger partial charge in [-0.15, -0.1) is 0 Å². The molecule has 0 radical (unpaired) electrons. The first-order chi connectivity index (χ1) is 14.8. The lowest BCUT2D eigenvalue weighted by molar-refractivity contribution is -0.142. The molecule has 1 aliphatic carbocycles. The van der Waals surface area contributed by atoms with E-state index in [4.69, 9.17) is 16.3 Å². The number of hydrogen-bond donors (Lipinski definition) is 1. The fraction of sp³-hybridized carbons (Fsp3) is 0.417. The summed E-state index contributed by atoms with van der Waals surface area (Å²) in [6.45, 7) is 3.83. The minimum Gasteiger partial charge on any atom is -0.484 e. The summed E-state index contributed by atoms with van der Waals surface area (Å²) in [5.41, 5.74) is 1.82. The number of carbonyl (C=O) groups excluding carboxylic acids is 2. The van der Waals surface area contributed by atoms with E-state index in [0.29, 0.717) is 17.3 Å². The molecule has 0 aromatic heterocycles. The second kappa shape index (κ2) is 11.0. The summed E-state index contributed by atoms with van der Waals surface area (Å²) in [5.74, 6) is 0.200. The molecule has 0 spiro atoms. The topological polar surface area (TPSA) is 58.6 Å². The predicted octanol–water partition coefficient (Wildman–Crippen LogP) is 5.27. The van der Waals surface area contributed by atoms with Gasteiger partial charge in [-0.05, 0) is 68.1 Å². The Balaban J connectivity index is 1.71. The zero-order valence-electron chi connectivity index (χ0n) is 17.9. The lowest BCUT2D eigenvalue weighted by Crippen LogP contribution is -2.50. The fourth-order valence-electron chi connectivity index (χ4n) is 3.70. The Morgan fingerprint density at radius 3 is 2.52 bits per heavy atom. The molecule has 1 atom stereocenters. The van der Waals surface area contributed by atoms with Gasteiger partial charge in [-0.2, -0.15) is 0 Å². The highest BCUT2D eigenvalue weighted by atomic mass is 79.9. The molecule has 0 heterocycles. The molecule has 2 aromatic rings. The average Bonchev–Trinajstić information content (AvgIpc) is 3.26. The summed E-state index contributed by atoms with van der Waals surface area (Å²) in [6, 6.07) is 12.6. The zero-order valence-corrected chi connectivity index (χ0v) is 20.2. The Hall–Kier alpha value is -2.05. The van der Waals surface area contributed by atoms with Crippen LogP contribution in [-0.4, -0.2) is 35.4 Å². The number of ether oxygens (including phenoxy) is 1. The molecule has 166 valence electrons. The van der Waals surface area contributed by atoms with Crippen molar-refractivity contribution in [1.29, 1.82) is 0 Å². The monoisotopic (exact) mass is 506 g/mol. The third-order valence-corrected chi connectivity index (χ3v) is 6.58. The van der Waals surface area contributed by atoms with Crippen LogP contribution in [-0.2, 0) is 16.1 Å². The molecule has 1 saturated carbocycles. The molecule has 2 amide bonds. The van der Waals surface area contributed by atoms with Crippen LogP contribution in [0.2, 0.25) is 5.02 Å². The fourth-order valence-corrected chi connectivity index (χ4v) is 4.08. The van der Waals surface area contributed by atoms with Gasteiger partial charge in [-0.1, -0.05) is 52.5 Å². The van der Waals surface area contributed by atoms with E-state index in [0.717, 1.165) is 41.3 Å². The third-order valence-electron chi connectivity index (χ3n) is 5.63. The van der Waals surface area contributed by atoms with Crippen LogP contribution in [0.3, 0.4) is 0 Å². The highest BCUT2D eigenvalue weighted by Gasteiger charge is 2.28. The van der Waals surface area contributed by atoms with Crippen molar-refractivity contribution in [3.8, 4) is 5.75 Å². The molecule has 1 N–H and O–H groups in total. The van der Waals surface area contributed by atoms with E-state index in [1.54, 1.807) is 30.0 Å². The maximum Gasteiger partial charge on any atom is 0.261 e. The second-order valence-electron chi connectivity index (χ2n) is 8.01. The second-order valence-corrected chi connectivity index (χ2v) is 9.34. The number of hydrogen-bond acceptors (Lipinski definition) is 3. The molecule has 7 heteroatoms. The van der Waals surface area contributed by atoms with E-state index in [2.05, 4.69) is 21.2 Å². The van der Waals surface area contributed by atoms with E-state index in [-0.39, 0.29) is 24.5 Å². The largest absolute Gasteiger partial charge is 0.484 e. The van der Waals surface area contributed by atoms with Crippen LogP contribution < -0.4 is 10.1 Å². The minimum absolute atomic E-state index is 0.125. The number of nitrogens with one attached hydrogen (secondary N) is 1. The number of halogens is 2. The number of aryl methyl sites for hydroxylation is 1. The van der Waals surface area contributed by atoms with Crippen LogP contribution in [0.5, 0.6) is 5.75 Å². The summed E-state index contributed by atoms with van der Waals surface area (Å²) in [6.07, 6.45) is 4.26. The Labute approximate surface area is 197 Å². The van der Waals surface area contributed by atoms with Gasteiger partial charge in [0.1, 0.15) is 11.8 Å². The standard InChI is InChI=1S/C24H28BrClN2O3/c1-16-13-21(11-12-22(16)26)31-15-23(29)28(14-18-7-9-19(25)10-8-18)17(2)24(30)27-20-5-3-4-6-20/h7-13,17,20H,3-6,14-15H2,1-2H3,(H,27,30). The SMILES string of the molecule is Cc1cc(OCC(=O)N(Cc2ccc(Br)cc2)C(C)C(=O)NC2CCCC2)ccc1Cl. The molecule has 0 bridgehead atoms. The highest BCUT2D eigenvalue weighted by molar-refractivity contribution is 9.10. The molecule has 1 aliphatic rings. The van der Waals surface area contributed by atoms with Crippen LogP contribution in [0.15, 0.2) is 46.9 Å². The van der Waals surface area contributed by atoms with Crippen LogP contribution >= 0.6 is 27.5 Å². The van der Waals surface area contributed by atoms with Crippen molar-refractivity contribution in [2.45, 2.75) is 58.2 Å². The summed E-state index contributed by atoms with van der Waals surface area (Å²) in [7, 11) is 0. The van der Waals surface area contributed by atoms with E-state index in [1.807, 2.05) is 31.2 Å². The third kappa shape index (κ3) is 6.71. The molecule has 2 aromatic carbocycles. The average molecular weight is 508 g/mol. The van der Waals surface area contributed by atoms with E-state index in [1.165, 1.54) is 0 Å². The van der Waals surface area contributed by atoms with Gasteiger partial charge in [0.15, 0.2) is 6.61 Å². The Bertz CT molecular complexity index is 914. The first kappa shape index (κ1) is 23.6. The Morgan fingerprint density at radius 1 is 1.19 bits per heavy atom. The van der Waals surface area contributed by atoms with Gasteiger partial charge < -0.3 is 15.0 Å². The first-order valence-corrected chi connectivity index (χ1v) is 11.7. The summed E-state index contributed by atoms with van der Waals surface area (Å²) in [5, 5.41) is 3.75. The van der Waals surface area contributed by atoms with Crippen molar-refractivity contribution in [3.63, 3.8) is 0 Å². The molecular formula is C24H28BrClN2O3.